The molecule has 0 aliphatic heterocycles. The Kier molecular flexibility index (Phi) is 42.0. The molecule has 2 unspecified atom stereocenters. The largest absolute Gasteiger partial charge is 0.472 e. The summed E-state index contributed by atoms with van der Waals surface area (Å²) < 4.78 is 33.4. The van der Waals surface area contributed by atoms with E-state index in [0.29, 0.717) is 13.0 Å². The Morgan fingerprint density at radius 1 is 0.554 bits per heavy atom. The number of carbonyl (C=O) groups is 1. The molecular weight excluding hydrogens is 721 g/mol. The van der Waals surface area contributed by atoms with Crippen LogP contribution in [0, 0.1) is 0 Å². The minimum atomic E-state index is -4.29. The SMILES string of the molecule is CC/C=C\C/C=C\C/C=C\C/C=C\C/C=C\CCCCCCCCCC(=O)OC(COCCCCCCCC/C=C\C/C=C\CCC)COP(=O)(O)OCCN. The van der Waals surface area contributed by atoms with Gasteiger partial charge < -0.3 is 20.1 Å². The predicted molar refractivity (Wildman–Crippen MR) is 238 cm³/mol. The van der Waals surface area contributed by atoms with E-state index in [0.717, 1.165) is 103 Å². The minimum absolute atomic E-state index is 0.0919. The Balaban J connectivity index is 4.06. The van der Waals surface area contributed by atoms with Crippen LogP contribution >= 0.6 is 7.82 Å². The number of phosphoric ester groups is 1. The van der Waals surface area contributed by atoms with Crippen LogP contribution in [0.5, 0.6) is 0 Å². The van der Waals surface area contributed by atoms with Gasteiger partial charge in [-0.3, -0.25) is 13.8 Å². The van der Waals surface area contributed by atoms with Crippen LogP contribution < -0.4 is 5.73 Å². The number of unbranched alkanes of at least 4 members (excludes halogenated alkanes) is 14. The summed E-state index contributed by atoms with van der Waals surface area (Å²) in [6, 6.07) is 0. The van der Waals surface area contributed by atoms with Gasteiger partial charge in [0, 0.05) is 19.6 Å². The van der Waals surface area contributed by atoms with Crippen molar-refractivity contribution in [1.29, 1.82) is 0 Å². The van der Waals surface area contributed by atoms with Gasteiger partial charge in [0.1, 0.15) is 6.10 Å². The van der Waals surface area contributed by atoms with Crippen molar-refractivity contribution in [3.8, 4) is 0 Å². The number of allylic oxidation sites excluding steroid dienone is 14. The molecule has 2 atom stereocenters. The number of rotatable bonds is 41. The van der Waals surface area contributed by atoms with E-state index in [9.17, 15) is 14.3 Å². The molecule has 0 aliphatic carbocycles. The van der Waals surface area contributed by atoms with E-state index in [-0.39, 0.29) is 32.3 Å². The minimum Gasteiger partial charge on any atom is -0.457 e. The molecule has 3 N–H and O–H groups in total. The zero-order valence-corrected chi connectivity index (χ0v) is 36.5. The van der Waals surface area contributed by atoms with Gasteiger partial charge in [-0.1, -0.05) is 163 Å². The number of nitrogens with two attached hydrogens (primary N) is 1. The molecule has 0 heterocycles. The van der Waals surface area contributed by atoms with E-state index in [1.165, 1.54) is 44.9 Å². The first-order chi connectivity index (χ1) is 27.4. The fraction of sp³-hybridized carbons (Fsp3) is 0.681. The average Bonchev–Trinajstić information content (AvgIpc) is 3.19. The molecular formula is C47H82NO7P. The molecule has 0 amide bonds. The Morgan fingerprint density at radius 2 is 1.00 bits per heavy atom. The lowest BCUT2D eigenvalue weighted by atomic mass is 10.1. The summed E-state index contributed by atoms with van der Waals surface area (Å²) in [4.78, 5) is 22.5. The molecule has 0 aromatic rings. The monoisotopic (exact) mass is 804 g/mol. The van der Waals surface area contributed by atoms with Crippen LogP contribution in [0.4, 0.5) is 0 Å². The lowest BCUT2D eigenvalue weighted by Gasteiger charge is -2.20. The van der Waals surface area contributed by atoms with E-state index in [1.807, 2.05) is 0 Å². The highest BCUT2D eigenvalue weighted by Gasteiger charge is 2.25. The van der Waals surface area contributed by atoms with Crippen LogP contribution in [-0.4, -0.2) is 49.9 Å². The lowest BCUT2D eigenvalue weighted by molar-refractivity contribution is -0.154. The van der Waals surface area contributed by atoms with Gasteiger partial charge >= 0.3 is 13.8 Å². The van der Waals surface area contributed by atoms with Crippen LogP contribution in [0.2, 0.25) is 0 Å². The summed E-state index contributed by atoms with van der Waals surface area (Å²) in [6.45, 7) is 4.69. The first kappa shape index (κ1) is 53.7. The molecule has 0 bridgehead atoms. The molecule has 322 valence electrons. The number of hydrogen-bond donors (Lipinski definition) is 2. The summed E-state index contributed by atoms with van der Waals surface area (Å²) >= 11 is 0. The highest BCUT2D eigenvalue weighted by Crippen LogP contribution is 2.43. The van der Waals surface area contributed by atoms with E-state index >= 15 is 0 Å². The molecule has 9 heteroatoms. The molecule has 0 saturated carbocycles. The predicted octanol–water partition coefficient (Wildman–Crippen LogP) is 13.3. The molecule has 56 heavy (non-hydrogen) atoms. The first-order valence-corrected chi connectivity index (χ1v) is 23.6. The zero-order chi connectivity index (χ0) is 40.9. The van der Waals surface area contributed by atoms with Crippen LogP contribution in [-0.2, 0) is 27.9 Å². The van der Waals surface area contributed by atoms with E-state index < -0.39 is 13.9 Å². The van der Waals surface area contributed by atoms with Crippen LogP contribution in [0.25, 0.3) is 0 Å². The Labute approximate surface area is 343 Å². The van der Waals surface area contributed by atoms with Gasteiger partial charge in [-0.2, -0.15) is 0 Å². The fourth-order valence-corrected chi connectivity index (χ4v) is 6.35. The molecule has 0 aromatic carbocycles. The summed E-state index contributed by atoms with van der Waals surface area (Å²) in [5, 5.41) is 0. The van der Waals surface area contributed by atoms with Crippen molar-refractivity contribution >= 4 is 13.8 Å². The maximum atomic E-state index is 12.6. The highest BCUT2D eigenvalue weighted by atomic mass is 31.2. The van der Waals surface area contributed by atoms with Crippen molar-refractivity contribution in [2.45, 2.75) is 174 Å². The molecule has 0 fully saturated rings. The van der Waals surface area contributed by atoms with E-state index in [2.05, 4.69) is 98.9 Å². The Hall–Kier alpha value is -2.32. The lowest BCUT2D eigenvalue weighted by Crippen LogP contribution is -2.28. The number of phosphoric acid groups is 1. The molecule has 0 spiro atoms. The van der Waals surface area contributed by atoms with Crippen molar-refractivity contribution in [2.24, 2.45) is 5.73 Å². The number of carbonyl (C=O) groups excluding carboxylic acids is 1. The van der Waals surface area contributed by atoms with Gasteiger partial charge in [0.15, 0.2) is 0 Å². The number of hydrogen-bond acceptors (Lipinski definition) is 7. The summed E-state index contributed by atoms with van der Waals surface area (Å²) in [5.74, 6) is -0.349. The molecule has 0 rings (SSSR count). The summed E-state index contributed by atoms with van der Waals surface area (Å²) in [7, 11) is -4.29. The van der Waals surface area contributed by atoms with Gasteiger partial charge in [-0.25, -0.2) is 4.57 Å². The smallest absolute Gasteiger partial charge is 0.457 e. The Morgan fingerprint density at radius 3 is 1.50 bits per heavy atom. The van der Waals surface area contributed by atoms with Crippen molar-refractivity contribution in [1.82, 2.24) is 0 Å². The van der Waals surface area contributed by atoms with E-state index in [1.54, 1.807) is 0 Å². The summed E-state index contributed by atoms with van der Waals surface area (Å²) in [5.41, 5.74) is 5.37. The van der Waals surface area contributed by atoms with Crippen molar-refractivity contribution in [3.63, 3.8) is 0 Å². The first-order valence-electron chi connectivity index (χ1n) is 22.1. The number of ether oxygens (including phenoxy) is 2. The van der Waals surface area contributed by atoms with Gasteiger partial charge in [0.05, 0.1) is 19.8 Å². The number of esters is 1. The van der Waals surface area contributed by atoms with Gasteiger partial charge in [-0.05, 0) is 83.5 Å². The third kappa shape index (κ3) is 42.8. The topological polar surface area (TPSA) is 117 Å². The zero-order valence-electron chi connectivity index (χ0n) is 35.6. The normalized spacial score (nSPS) is 14.3. The maximum absolute atomic E-state index is 12.6. The quantitative estimate of drug-likeness (QED) is 0.0272. The molecule has 0 aliphatic rings. The second-order valence-corrected chi connectivity index (χ2v) is 15.6. The van der Waals surface area contributed by atoms with Gasteiger partial charge in [0.25, 0.3) is 0 Å². The van der Waals surface area contributed by atoms with Crippen molar-refractivity contribution in [2.75, 3.05) is 33.0 Å². The van der Waals surface area contributed by atoms with Gasteiger partial charge in [0.2, 0.25) is 0 Å². The highest BCUT2D eigenvalue weighted by molar-refractivity contribution is 7.47. The van der Waals surface area contributed by atoms with E-state index in [4.69, 9.17) is 24.3 Å². The fourth-order valence-electron chi connectivity index (χ4n) is 5.59. The second kappa shape index (κ2) is 43.8. The molecule has 0 radical (unpaired) electrons. The maximum Gasteiger partial charge on any atom is 0.472 e. The average molecular weight is 804 g/mol. The standard InChI is InChI=1S/C47H82NO7P/c1-3-5-7-9-11-13-15-17-19-20-21-22-23-24-25-26-27-28-30-32-34-36-38-40-47(49)55-46(45-54-56(50,51)53-43-41-48)44-52-42-39-37-35-33-31-29-18-16-14-12-10-8-6-4-2/h5,7-8,10-11,13-14,16-17,19,21-22,24-25,46H,3-4,6,9,12,15,18,20,23,26-45,48H2,1-2H3,(H,50,51)/b7-5-,10-8-,13-11-,16-14-,19-17-,22-21-,25-24-. The Bertz CT molecular complexity index is 1130. The molecule has 0 aromatic heterocycles. The molecule has 8 nitrogen and oxygen atoms in total. The molecule has 0 saturated heterocycles. The van der Waals surface area contributed by atoms with Crippen LogP contribution in [0.1, 0.15) is 168 Å². The third-order valence-electron chi connectivity index (χ3n) is 8.78. The third-order valence-corrected chi connectivity index (χ3v) is 9.76. The van der Waals surface area contributed by atoms with Crippen molar-refractivity contribution < 1.29 is 32.8 Å². The van der Waals surface area contributed by atoms with Crippen LogP contribution in [0.15, 0.2) is 85.1 Å². The summed E-state index contributed by atoms with van der Waals surface area (Å²) in [6.07, 6.45) is 56.0. The van der Waals surface area contributed by atoms with Crippen LogP contribution in [0.3, 0.4) is 0 Å². The van der Waals surface area contributed by atoms with Crippen molar-refractivity contribution in [3.05, 3.63) is 85.1 Å². The second-order valence-electron chi connectivity index (χ2n) is 14.2. The van der Waals surface area contributed by atoms with Gasteiger partial charge in [-0.15, -0.1) is 0 Å².